The molecule has 2 N–H and O–H groups in total. The van der Waals surface area contributed by atoms with Gasteiger partial charge in [-0.2, -0.15) is 0 Å². The fourth-order valence-corrected chi connectivity index (χ4v) is 4.66. The van der Waals surface area contributed by atoms with E-state index in [9.17, 15) is 14.4 Å². The summed E-state index contributed by atoms with van der Waals surface area (Å²) in [5, 5.41) is 6.33. The molecule has 0 spiro atoms. The summed E-state index contributed by atoms with van der Waals surface area (Å²) in [7, 11) is 1.79. The van der Waals surface area contributed by atoms with E-state index in [1.807, 2.05) is 54.6 Å². The Morgan fingerprint density at radius 3 is 2.25 bits per heavy atom. The smallest absolute Gasteiger partial charge is 0.338 e. The zero-order chi connectivity index (χ0) is 28.6. The summed E-state index contributed by atoms with van der Waals surface area (Å²) in [5.41, 5.74) is 5.13. The van der Waals surface area contributed by atoms with E-state index >= 15 is 0 Å². The Morgan fingerprint density at radius 1 is 0.900 bits per heavy atom. The normalized spacial score (nSPS) is 13.5. The van der Waals surface area contributed by atoms with Gasteiger partial charge in [0, 0.05) is 37.0 Å². The number of hydrogen-bond donors (Lipinski definition) is 2. The van der Waals surface area contributed by atoms with E-state index in [1.165, 1.54) is 0 Å². The Morgan fingerprint density at radius 2 is 1.60 bits per heavy atom. The number of carbonyl (C=O) groups excluding carboxylic acids is 3. The summed E-state index contributed by atoms with van der Waals surface area (Å²) in [4.78, 5) is 42.1. The predicted molar refractivity (Wildman–Crippen MR) is 160 cm³/mol. The molecule has 4 rings (SSSR count). The molecule has 3 aromatic rings. The second-order valence-electron chi connectivity index (χ2n) is 9.45. The maximum Gasteiger partial charge on any atom is 0.338 e. The zero-order valence-corrected chi connectivity index (χ0v) is 23.5. The van der Waals surface area contributed by atoms with E-state index in [1.54, 1.807) is 37.1 Å². The van der Waals surface area contributed by atoms with Gasteiger partial charge >= 0.3 is 5.97 Å². The topological polar surface area (TPSA) is 91.0 Å². The van der Waals surface area contributed by atoms with Crippen LogP contribution in [0.1, 0.15) is 48.7 Å². The first-order chi connectivity index (χ1) is 19.4. The van der Waals surface area contributed by atoms with E-state index in [4.69, 9.17) is 4.74 Å². The van der Waals surface area contributed by atoms with Crippen LogP contribution in [0.25, 0.3) is 11.3 Å². The molecule has 40 heavy (non-hydrogen) atoms. The van der Waals surface area contributed by atoms with Crippen LogP contribution in [0.15, 0.2) is 72.8 Å². The minimum atomic E-state index is -0.435. The Balaban J connectivity index is 1.62. The van der Waals surface area contributed by atoms with Crippen molar-refractivity contribution in [2.45, 2.75) is 27.2 Å². The lowest BCUT2D eigenvalue weighted by molar-refractivity contribution is -0.118. The van der Waals surface area contributed by atoms with Crippen molar-refractivity contribution in [3.05, 3.63) is 89.5 Å². The Kier molecular flexibility index (Phi) is 9.35. The van der Waals surface area contributed by atoms with Crippen molar-refractivity contribution >= 4 is 46.1 Å². The maximum absolute atomic E-state index is 13.2. The van der Waals surface area contributed by atoms with Crippen LogP contribution in [-0.4, -0.2) is 56.0 Å². The molecule has 8 nitrogen and oxygen atoms in total. The molecule has 3 aromatic carbocycles. The fraction of sp³-hybridized carbons (Fsp3) is 0.281. The number of benzene rings is 3. The third-order valence-corrected chi connectivity index (χ3v) is 7.02. The molecule has 0 aromatic heterocycles. The monoisotopic (exact) mass is 540 g/mol. The lowest BCUT2D eigenvalue weighted by Gasteiger charge is -2.22. The molecule has 0 bridgehead atoms. The molecule has 0 radical (unpaired) electrons. The summed E-state index contributed by atoms with van der Waals surface area (Å²) in [6, 6.07) is 22.3. The van der Waals surface area contributed by atoms with E-state index in [0.717, 1.165) is 36.6 Å². The van der Waals surface area contributed by atoms with Gasteiger partial charge in [0.25, 0.3) is 5.91 Å². The van der Waals surface area contributed by atoms with Gasteiger partial charge in [0.2, 0.25) is 5.91 Å². The predicted octanol–water partition coefficient (Wildman–Crippen LogP) is 5.49. The molecular formula is C32H36N4O4. The molecule has 1 aliphatic heterocycles. The largest absolute Gasteiger partial charge is 0.462 e. The Bertz CT molecular complexity index is 1400. The van der Waals surface area contributed by atoms with Crippen LogP contribution in [0.5, 0.6) is 0 Å². The van der Waals surface area contributed by atoms with Crippen molar-refractivity contribution in [3.63, 3.8) is 0 Å². The molecule has 0 atom stereocenters. The van der Waals surface area contributed by atoms with Crippen molar-refractivity contribution < 1.29 is 19.1 Å². The van der Waals surface area contributed by atoms with E-state index < -0.39 is 5.97 Å². The summed E-state index contributed by atoms with van der Waals surface area (Å²) >= 11 is 0. The first-order valence-electron chi connectivity index (χ1n) is 13.6. The molecule has 0 saturated heterocycles. The molecule has 1 aliphatic rings. The second kappa shape index (κ2) is 13.1. The van der Waals surface area contributed by atoms with E-state index in [0.29, 0.717) is 34.5 Å². The third-order valence-electron chi connectivity index (χ3n) is 7.02. The summed E-state index contributed by atoms with van der Waals surface area (Å²) in [5.74, 6) is -0.645. The summed E-state index contributed by atoms with van der Waals surface area (Å²) < 4.78 is 5.11. The second-order valence-corrected chi connectivity index (χ2v) is 9.45. The van der Waals surface area contributed by atoms with Crippen LogP contribution >= 0.6 is 0 Å². The Labute approximate surface area is 235 Å². The molecule has 0 unspecified atom stereocenters. The average molecular weight is 541 g/mol. The van der Waals surface area contributed by atoms with Crippen molar-refractivity contribution in [1.29, 1.82) is 0 Å². The molecule has 0 saturated carbocycles. The van der Waals surface area contributed by atoms with Crippen LogP contribution in [0.3, 0.4) is 0 Å². The van der Waals surface area contributed by atoms with Crippen LogP contribution < -0.4 is 15.5 Å². The first kappa shape index (κ1) is 28.6. The average Bonchev–Trinajstić information content (AvgIpc) is 3.31. The number of nitrogens with zero attached hydrogens (tertiary/aromatic N) is 2. The lowest BCUT2D eigenvalue weighted by atomic mass is 9.99. The number of rotatable bonds is 11. The lowest BCUT2D eigenvalue weighted by Crippen LogP contribution is -2.32. The quantitative estimate of drug-likeness (QED) is 0.247. The van der Waals surface area contributed by atoms with Gasteiger partial charge in [0.1, 0.15) is 0 Å². The van der Waals surface area contributed by atoms with Gasteiger partial charge in [-0.1, -0.05) is 50.2 Å². The molecule has 208 valence electrons. The SMILES string of the molecule is CCOC(=O)c1ccc2c(c1)NC(=O)/C2=C(\Nc1ccc(N(C)C(=O)CCN(CC)CC)cc1)c1ccccc1. The van der Waals surface area contributed by atoms with Gasteiger partial charge in [0.05, 0.1) is 29.1 Å². The number of nitrogens with one attached hydrogen (secondary N) is 2. The van der Waals surface area contributed by atoms with Crippen LogP contribution in [0.4, 0.5) is 17.1 Å². The van der Waals surface area contributed by atoms with E-state index in [-0.39, 0.29) is 18.4 Å². The number of amides is 2. The zero-order valence-electron chi connectivity index (χ0n) is 23.5. The highest BCUT2D eigenvalue weighted by molar-refractivity contribution is 6.37. The maximum atomic E-state index is 13.2. The highest BCUT2D eigenvalue weighted by Crippen LogP contribution is 2.38. The van der Waals surface area contributed by atoms with Gasteiger partial charge in [-0.05, 0) is 62.0 Å². The van der Waals surface area contributed by atoms with Crippen molar-refractivity contribution in [2.75, 3.05) is 48.8 Å². The van der Waals surface area contributed by atoms with Crippen molar-refractivity contribution in [2.24, 2.45) is 0 Å². The molecule has 2 amide bonds. The molecule has 0 aliphatic carbocycles. The fourth-order valence-electron chi connectivity index (χ4n) is 4.66. The summed E-state index contributed by atoms with van der Waals surface area (Å²) in [6.45, 7) is 8.78. The van der Waals surface area contributed by atoms with E-state index in [2.05, 4.69) is 29.4 Å². The number of ether oxygens (including phenoxy) is 1. The van der Waals surface area contributed by atoms with Crippen LogP contribution in [0.2, 0.25) is 0 Å². The van der Waals surface area contributed by atoms with Gasteiger partial charge in [0.15, 0.2) is 0 Å². The minimum absolute atomic E-state index is 0.0566. The molecule has 1 heterocycles. The molecule has 8 heteroatoms. The van der Waals surface area contributed by atoms with Crippen molar-refractivity contribution in [1.82, 2.24) is 4.90 Å². The molecular weight excluding hydrogens is 504 g/mol. The van der Waals surface area contributed by atoms with Gasteiger partial charge in [-0.25, -0.2) is 4.79 Å². The molecule has 0 fully saturated rings. The van der Waals surface area contributed by atoms with Gasteiger partial charge in [-0.3, -0.25) is 9.59 Å². The Hall–Kier alpha value is -4.43. The number of carbonyl (C=O) groups is 3. The summed E-state index contributed by atoms with van der Waals surface area (Å²) in [6.07, 6.45) is 0.453. The highest BCUT2D eigenvalue weighted by Gasteiger charge is 2.29. The number of hydrogen-bond acceptors (Lipinski definition) is 6. The minimum Gasteiger partial charge on any atom is -0.462 e. The highest BCUT2D eigenvalue weighted by atomic mass is 16.5. The van der Waals surface area contributed by atoms with Crippen LogP contribution in [0, 0.1) is 0 Å². The standard InChI is InChI=1S/C32H36N4O4/c1-5-36(6-2)20-19-28(37)35(4)25-16-14-24(15-17-25)33-30(22-11-9-8-10-12-22)29-26-18-13-23(32(39)40-7-3)21-27(26)34-31(29)38/h8-18,21,33H,5-7,19-20H2,1-4H3,(H,34,38)/b30-29-. The third kappa shape index (κ3) is 6.40. The number of anilines is 3. The van der Waals surface area contributed by atoms with Crippen LogP contribution in [-0.2, 0) is 14.3 Å². The first-order valence-corrected chi connectivity index (χ1v) is 13.6. The number of fused-ring (bicyclic) bond motifs is 1. The number of esters is 1. The van der Waals surface area contributed by atoms with Crippen molar-refractivity contribution in [3.8, 4) is 0 Å². The van der Waals surface area contributed by atoms with Gasteiger partial charge < -0.3 is 25.2 Å². The van der Waals surface area contributed by atoms with Gasteiger partial charge in [-0.15, -0.1) is 0 Å².